The molecule has 100 valence electrons. The van der Waals surface area contributed by atoms with Gasteiger partial charge in [0.1, 0.15) is 0 Å². The van der Waals surface area contributed by atoms with Gasteiger partial charge in [0.15, 0.2) is 0 Å². The average molecular weight is 283 g/mol. The molecule has 0 aliphatic carbocycles. The molecule has 0 bridgehead atoms. The van der Waals surface area contributed by atoms with Crippen LogP contribution < -0.4 is 10.6 Å². The van der Waals surface area contributed by atoms with Gasteiger partial charge in [-0.3, -0.25) is 0 Å². The SMILES string of the molecule is Cc1nc2cc(NC(=O)Nc3ccccc3)ccc2s1. The lowest BCUT2D eigenvalue weighted by Gasteiger charge is -2.07. The average Bonchev–Trinajstić information content (AvgIpc) is 2.79. The normalized spacial score (nSPS) is 10.4. The van der Waals surface area contributed by atoms with Crippen LogP contribution in [-0.2, 0) is 0 Å². The summed E-state index contributed by atoms with van der Waals surface area (Å²) in [5.41, 5.74) is 2.40. The standard InChI is InChI=1S/C15H13N3OS/c1-10-16-13-9-12(7-8-14(13)20-10)18-15(19)17-11-5-3-2-4-6-11/h2-9H,1H3,(H2,17,18,19). The minimum atomic E-state index is -0.262. The van der Waals surface area contributed by atoms with Gasteiger partial charge in [0.25, 0.3) is 0 Å². The molecule has 1 heterocycles. The van der Waals surface area contributed by atoms with Crippen LogP contribution >= 0.6 is 11.3 Å². The fourth-order valence-corrected chi connectivity index (χ4v) is 2.74. The molecule has 2 N–H and O–H groups in total. The lowest BCUT2D eigenvalue weighted by atomic mass is 10.3. The number of anilines is 2. The number of aryl methyl sites for hydroxylation is 1. The van der Waals surface area contributed by atoms with Gasteiger partial charge in [-0.05, 0) is 37.3 Å². The molecule has 0 spiro atoms. The van der Waals surface area contributed by atoms with Crippen molar-refractivity contribution in [2.24, 2.45) is 0 Å². The molecular formula is C15H13N3OS. The maximum Gasteiger partial charge on any atom is 0.323 e. The highest BCUT2D eigenvalue weighted by atomic mass is 32.1. The maximum absolute atomic E-state index is 11.9. The first kappa shape index (κ1) is 12.6. The Hall–Kier alpha value is -2.40. The number of nitrogens with one attached hydrogen (secondary N) is 2. The van der Waals surface area contributed by atoms with E-state index in [9.17, 15) is 4.79 Å². The van der Waals surface area contributed by atoms with Gasteiger partial charge in [-0.1, -0.05) is 18.2 Å². The number of hydrogen-bond acceptors (Lipinski definition) is 3. The van der Waals surface area contributed by atoms with E-state index in [1.54, 1.807) is 11.3 Å². The Morgan fingerprint density at radius 1 is 1.05 bits per heavy atom. The number of thiazole rings is 1. The summed E-state index contributed by atoms with van der Waals surface area (Å²) in [6, 6.07) is 14.8. The molecule has 0 atom stereocenters. The van der Waals surface area contributed by atoms with Crippen LogP contribution in [0.2, 0.25) is 0 Å². The van der Waals surface area contributed by atoms with E-state index in [0.29, 0.717) is 0 Å². The summed E-state index contributed by atoms with van der Waals surface area (Å²) >= 11 is 1.64. The number of hydrogen-bond donors (Lipinski definition) is 2. The van der Waals surface area contributed by atoms with Crippen molar-refractivity contribution >= 4 is 39.0 Å². The zero-order valence-electron chi connectivity index (χ0n) is 10.9. The molecule has 20 heavy (non-hydrogen) atoms. The molecule has 4 nitrogen and oxygen atoms in total. The van der Waals surface area contributed by atoms with E-state index in [0.717, 1.165) is 26.6 Å². The molecule has 0 unspecified atom stereocenters. The van der Waals surface area contributed by atoms with Crippen LogP contribution in [0.4, 0.5) is 16.2 Å². The fourth-order valence-electron chi connectivity index (χ4n) is 1.94. The first-order valence-corrected chi connectivity index (χ1v) is 7.02. The Kier molecular flexibility index (Phi) is 3.35. The first-order chi connectivity index (χ1) is 9.70. The molecule has 3 rings (SSSR count). The van der Waals surface area contributed by atoms with E-state index in [-0.39, 0.29) is 6.03 Å². The number of urea groups is 1. The van der Waals surface area contributed by atoms with Gasteiger partial charge >= 0.3 is 6.03 Å². The Bertz CT molecular complexity index is 752. The van der Waals surface area contributed by atoms with Crippen molar-refractivity contribution in [2.75, 3.05) is 10.6 Å². The van der Waals surface area contributed by atoms with Crippen LogP contribution in [0.1, 0.15) is 5.01 Å². The zero-order valence-corrected chi connectivity index (χ0v) is 11.7. The number of fused-ring (bicyclic) bond motifs is 1. The van der Waals surface area contributed by atoms with E-state index in [1.807, 2.05) is 55.5 Å². The number of carbonyl (C=O) groups excluding carboxylic acids is 1. The van der Waals surface area contributed by atoms with E-state index >= 15 is 0 Å². The Morgan fingerprint density at radius 2 is 1.80 bits per heavy atom. The van der Waals surface area contributed by atoms with Crippen molar-refractivity contribution in [3.05, 3.63) is 53.5 Å². The van der Waals surface area contributed by atoms with Gasteiger partial charge in [0.05, 0.1) is 15.2 Å². The third-order valence-corrected chi connectivity index (χ3v) is 3.74. The second-order valence-corrected chi connectivity index (χ2v) is 5.60. The van der Waals surface area contributed by atoms with Gasteiger partial charge in [-0.2, -0.15) is 0 Å². The highest BCUT2D eigenvalue weighted by Crippen LogP contribution is 2.24. The minimum Gasteiger partial charge on any atom is -0.308 e. The van der Waals surface area contributed by atoms with Crippen LogP contribution in [0.25, 0.3) is 10.2 Å². The number of para-hydroxylation sites is 1. The number of benzene rings is 2. The van der Waals surface area contributed by atoms with Gasteiger partial charge in [-0.25, -0.2) is 9.78 Å². The van der Waals surface area contributed by atoms with Crippen molar-refractivity contribution in [3.63, 3.8) is 0 Å². The molecule has 0 fully saturated rings. The third-order valence-electron chi connectivity index (χ3n) is 2.78. The van der Waals surface area contributed by atoms with Crippen LogP contribution in [0.5, 0.6) is 0 Å². The van der Waals surface area contributed by atoms with Crippen molar-refractivity contribution < 1.29 is 4.79 Å². The highest BCUT2D eigenvalue weighted by Gasteiger charge is 2.05. The molecule has 0 aliphatic heterocycles. The molecule has 0 saturated heterocycles. The van der Waals surface area contributed by atoms with Gasteiger partial charge in [-0.15, -0.1) is 11.3 Å². The van der Waals surface area contributed by atoms with Crippen molar-refractivity contribution in [1.82, 2.24) is 4.98 Å². The summed E-state index contributed by atoms with van der Waals surface area (Å²) in [5, 5.41) is 6.60. The van der Waals surface area contributed by atoms with Gasteiger partial charge in [0, 0.05) is 11.4 Å². The molecule has 5 heteroatoms. The van der Waals surface area contributed by atoms with Crippen molar-refractivity contribution in [1.29, 1.82) is 0 Å². The predicted molar refractivity (Wildman–Crippen MR) is 83.4 cm³/mol. The zero-order chi connectivity index (χ0) is 13.9. The van der Waals surface area contributed by atoms with Crippen LogP contribution in [0.3, 0.4) is 0 Å². The Labute approximate surface area is 120 Å². The molecule has 0 radical (unpaired) electrons. The van der Waals surface area contributed by atoms with Crippen LogP contribution in [0.15, 0.2) is 48.5 Å². The summed E-state index contributed by atoms with van der Waals surface area (Å²) in [7, 11) is 0. The second kappa shape index (κ2) is 5.30. The molecule has 1 aromatic heterocycles. The van der Waals surface area contributed by atoms with E-state index in [1.165, 1.54) is 0 Å². The maximum atomic E-state index is 11.9. The molecule has 3 aromatic rings. The number of nitrogens with zero attached hydrogens (tertiary/aromatic N) is 1. The highest BCUT2D eigenvalue weighted by molar-refractivity contribution is 7.18. The topological polar surface area (TPSA) is 54.0 Å². The van der Waals surface area contributed by atoms with Gasteiger partial charge in [0.2, 0.25) is 0 Å². The largest absolute Gasteiger partial charge is 0.323 e. The van der Waals surface area contributed by atoms with E-state index < -0.39 is 0 Å². The van der Waals surface area contributed by atoms with E-state index in [4.69, 9.17) is 0 Å². The van der Waals surface area contributed by atoms with E-state index in [2.05, 4.69) is 15.6 Å². The van der Waals surface area contributed by atoms with Crippen molar-refractivity contribution in [2.45, 2.75) is 6.92 Å². The summed E-state index contributed by atoms with van der Waals surface area (Å²) in [6.45, 7) is 1.97. The summed E-state index contributed by atoms with van der Waals surface area (Å²) in [5.74, 6) is 0. The number of carbonyl (C=O) groups is 1. The number of amides is 2. The van der Waals surface area contributed by atoms with Crippen molar-refractivity contribution in [3.8, 4) is 0 Å². The summed E-state index contributed by atoms with van der Waals surface area (Å²) in [6.07, 6.45) is 0. The summed E-state index contributed by atoms with van der Waals surface area (Å²) < 4.78 is 1.12. The molecule has 0 aliphatic rings. The minimum absolute atomic E-state index is 0.262. The Balaban J connectivity index is 1.74. The quantitative estimate of drug-likeness (QED) is 0.738. The second-order valence-electron chi connectivity index (χ2n) is 4.36. The fraction of sp³-hybridized carbons (Fsp3) is 0.0667. The molecule has 0 saturated carbocycles. The molecular weight excluding hydrogens is 270 g/mol. The molecule has 2 aromatic carbocycles. The lowest BCUT2D eigenvalue weighted by Crippen LogP contribution is -2.19. The number of aromatic nitrogens is 1. The first-order valence-electron chi connectivity index (χ1n) is 6.21. The van der Waals surface area contributed by atoms with Crippen LogP contribution in [-0.4, -0.2) is 11.0 Å². The molecule has 2 amide bonds. The Morgan fingerprint density at radius 3 is 2.60 bits per heavy atom. The smallest absolute Gasteiger partial charge is 0.308 e. The number of rotatable bonds is 2. The van der Waals surface area contributed by atoms with Gasteiger partial charge < -0.3 is 10.6 Å². The summed E-state index contributed by atoms with van der Waals surface area (Å²) in [4.78, 5) is 16.3. The predicted octanol–water partition coefficient (Wildman–Crippen LogP) is 4.25. The monoisotopic (exact) mass is 283 g/mol. The third kappa shape index (κ3) is 2.78. The lowest BCUT2D eigenvalue weighted by molar-refractivity contribution is 0.262. The van der Waals surface area contributed by atoms with Crippen LogP contribution in [0, 0.1) is 6.92 Å².